The Labute approximate surface area is 96.4 Å². The molecule has 1 saturated heterocycles. The molecule has 4 nitrogen and oxygen atoms in total. The lowest BCUT2D eigenvalue weighted by Gasteiger charge is -2.41. The van der Waals surface area contributed by atoms with Gasteiger partial charge in [-0.05, 0) is 38.5 Å². The first-order valence-corrected chi connectivity index (χ1v) is 6.28. The predicted molar refractivity (Wildman–Crippen MR) is 60.0 cm³/mol. The second-order valence-corrected chi connectivity index (χ2v) is 5.03. The second kappa shape index (κ2) is 5.15. The monoisotopic (exact) mass is 227 g/mol. The Kier molecular flexibility index (Phi) is 3.82. The number of carbonyl (C=O) groups is 1. The standard InChI is InChI=1S/C12H21NO3/c14-9-12(5-3-6-12)13-11(15)8-10-4-1-2-7-16-10/h10,14H,1-9H2,(H,13,15). The fourth-order valence-corrected chi connectivity index (χ4v) is 2.45. The Hall–Kier alpha value is -0.610. The molecule has 1 aliphatic heterocycles. The Balaban J connectivity index is 1.74. The molecule has 0 aromatic carbocycles. The van der Waals surface area contributed by atoms with Crippen molar-refractivity contribution in [3.05, 3.63) is 0 Å². The lowest BCUT2D eigenvalue weighted by atomic mass is 9.77. The van der Waals surface area contributed by atoms with Crippen LogP contribution in [0.5, 0.6) is 0 Å². The summed E-state index contributed by atoms with van der Waals surface area (Å²) in [6.45, 7) is 0.841. The highest BCUT2D eigenvalue weighted by molar-refractivity contribution is 5.77. The fraction of sp³-hybridized carbons (Fsp3) is 0.917. The minimum atomic E-state index is -0.314. The molecule has 2 aliphatic rings. The van der Waals surface area contributed by atoms with Crippen LogP contribution in [0.2, 0.25) is 0 Å². The van der Waals surface area contributed by atoms with Crippen LogP contribution in [0.1, 0.15) is 44.9 Å². The van der Waals surface area contributed by atoms with Gasteiger partial charge in [0.05, 0.1) is 24.7 Å². The molecule has 92 valence electrons. The summed E-state index contributed by atoms with van der Waals surface area (Å²) in [5, 5.41) is 12.2. The van der Waals surface area contributed by atoms with Gasteiger partial charge in [-0.2, -0.15) is 0 Å². The quantitative estimate of drug-likeness (QED) is 0.752. The summed E-state index contributed by atoms with van der Waals surface area (Å²) in [6, 6.07) is 0. The third-order valence-electron chi connectivity index (χ3n) is 3.70. The highest BCUT2D eigenvalue weighted by Crippen LogP contribution is 2.31. The van der Waals surface area contributed by atoms with Gasteiger partial charge in [0.25, 0.3) is 0 Å². The van der Waals surface area contributed by atoms with E-state index in [1.165, 1.54) is 0 Å². The number of ether oxygens (including phenoxy) is 1. The molecule has 1 heterocycles. The van der Waals surface area contributed by atoms with Gasteiger partial charge in [0, 0.05) is 6.61 Å². The van der Waals surface area contributed by atoms with Crippen molar-refractivity contribution in [3.63, 3.8) is 0 Å². The van der Waals surface area contributed by atoms with Crippen LogP contribution in [0.3, 0.4) is 0 Å². The molecule has 4 heteroatoms. The minimum Gasteiger partial charge on any atom is -0.394 e. The molecule has 1 aliphatic carbocycles. The van der Waals surface area contributed by atoms with Crippen molar-refractivity contribution in [2.45, 2.75) is 56.6 Å². The van der Waals surface area contributed by atoms with Crippen LogP contribution in [0, 0.1) is 0 Å². The molecule has 2 fully saturated rings. The summed E-state index contributed by atoms with van der Waals surface area (Å²) < 4.78 is 5.53. The van der Waals surface area contributed by atoms with E-state index >= 15 is 0 Å². The van der Waals surface area contributed by atoms with E-state index in [0.717, 1.165) is 45.1 Å². The molecule has 2 N–H and O–H groups in total. The smallest absolute Gasteiger partial charge is 0.223 e. The van der Waals surface area contributed by atoms with E-state index in [1.54, 1.807) is 0 Å². The summed E-state index contributed by atoms with van der Waals surface area (Å²) in [6.07, 6.45) is 6.69. The second-order valence-electron chi connectivity index (χ2n) is 5.03. The van der Waals surface area contributed by atoms with Gasteiger partial charge in [-0.15, -0.1) is 0 Å². The summed E-state index contributed by atoms with van der Waals surface area (Å²) in [7, 11) is 0. The van der Waals surface area contributed by atoms with E-state index in [-0.39, 0.29) is 24.2 Å². The molecule has 2 rings (SSSR count). The summed E-state index contributed by atoms with van der Waals surface area (Å²) >= 11 is 0. The average molecular weight is 227 g/mol. The maximum absolute atomic E-state index is 11.8. The summed E-state index contributed by atoms with van der Waals surface area (Å²) in [4.78, 5) is 11.8. The summed E-state index contributed by atoms with van der Waals surface area (Å²) in [5.74, 6) is 0.0284. The van der Waals surface area contributed by atoms with Crippen LogP contribution in [-0.4, -0.2) is 35.9 Å². The lowest BCUT2D eigenvalue weighted by Crippen LogP contribution is -2.56. The molecule has 0 bridgehead atoms. The number of amides is 1. The van der Waals surface area contributed by atoms with Gasteiger partial charge in [-0.1, -0.05) is 0 Å². The van der Waals surface area contributed by atoms with Crippen molar-refractivity contribution in [3.8, 4) is 0 Å². The molecule has 0 spiro atoms. The fourth-order valence-electron chi connectivity index (χ4n) is 2.45. The largest absolute Gasteiger partial charge is 0.394 e. The lowest BCUT2D eigenvalue weighted by molar-refractivity contribution is -0.128. The van der Waals surface area contributed by atoms with E-state index in [2.05, 4.69) is 5.32 Å². The first-order valence-electron chi connectivity index (χ1n) is 6.28. The van der Waals surface area contributed by atoms with Gasteiger partial charge < -0.3 is 15.2 Å². The van der Waals surface area contributed by atoms with E-state index in [9.17, 15) is 9.90 Å². The molecule has 1 unspecified atom stereocenters. The third kappa shape index (κ3) is 2.74. The number of nitrogens with one attached hydrogen (secondary N) is 1. The summed E-state index contributed by atoms with van der Waals surface area (Å²) in [5.41, 5.74) is -0.314. The number of hydrogen-bond acceptors (Lipinski definition) is 3. The molecular weight excluding hydrogens is 206 g/mol. The van der Waals surface area contributed by atoms with E-state index < -0.39 is 0 Å². The van der Waals surface area contributed by atoms with Crippen LogP contribution in [-0.2, 0) is 9.53 Å². The predicted octanol–water partition coefficient (Wildman–Crippen LogP) is 0.977. The van der Waals surface area contributed by atoms with Crippen molar-refractivity contribution in [2.24, 2.45) is 0 Å². The van der Waals surface area contributed by atoms with E-state index in [4.69, 9.17) is 4.74 Å². The first kappa shape index (κ1) is 11.9. The van der Waals surface area contributed by atoms with Crippen molar-refractivity contribution >= 4 is 5.91 Å². The van der Waals surface area contributed by atoms with Crippen LogP contribution in [0.15, 0.2) is 0 Å². The van der Waals surface area contributed by atoms with E-state index in [1.807, 2.05) is 0 Å². The van der Waals surface area contributed by atoms with Gasteiger partial charge in [0.2, 0.25) is 5.91 Å². The molecule has 1 saturated carbocycles. The Morgan fingerprint density at radius 1 is 1.38 bits per heavy atom. The van der Waals surface area contributed by atoms with Crippen LogP contribution < -0.4 is 5.32 Å². The number of hydrogen-bond donors (Lipinski definition) is 2. The molecule has 0 radical (unpaired) electrons. The third-order valence-corrected chi connectivity index (χ3v) is 3.70. The van der Waals surface area contributed by atoms with Gasteiger partial charge in [-0.25, -0.2) is 0 Å². The molecule has 16 heavy (non-hydrogen) atoms. The Morgan fingerprint density at radius 2 is 2.19 bits per heavy atom. The van der Waals surface area contributed by atoms with Gasteiger partial charge in [0.1, 0.15) is 0 Å². The zero-order valence-electron chi connectivity index (χ0n) is 9.71. The van der Waals surface area contributed by atoms with Crippen LogP contribution in [0.4, 0.5) is 0 Å². The molecule has 1 amide bonds. The Morgan fingerprint density at radius 3 is 2.69 bits per heavy atom. The first-order chi connectivity index (χ1) is 7.74. The highest BCUT2D eigenvalue weighted by Gasteiger charge is 2.37. The van der Waals surface area contributed by atoms with Crippen molar-refractivity contribution in [2.75, 3.05) is 13.2 Å². The van der Waals surface area contributed by atoms with Crippen molar-refractivity contribution < 1.29 is 14.6 Å². The van der Waals surface area contributed by atoms with Gasteiger partial charge >= 0.3 is 0 Å². The SMILES string of the molecule is O=C(CC1CCCCO1)NC1(CO)CCC1. The molecule has 0 aromatic heterocycles. The Bertz CT molecular complexity index is 239. The van der Waals surface area contributed by atoms with Gasteiger partial charge in [-0.3, -0.25) is 4.79 Å². The molecule has 0 aromatic rings. The zero-order valence-corrected chi connectivity index (χ0v) is 9.71. The average Bonchev–Trinajstić information content (AvgIpc) is 2.25. The minimum absolute atomic E-state index is 0.0284. The van der Waals surface area contributed by atoms with Crippen molar-refractivity contribution in [1.82, 2.24) is 5.32 Å². The van der Waals surface area contributed by atoms with E-state index in [0.29, 0.717) is 6.42 Å². The number of aliphatic hydroxyl groups is 1. The molecule has 1 atom stereocenters. The normalized spacial score (nSPS) is 28.2. The van der Waals surface area contributed by atoms with Crippen LogP contribution in [0.25, 0.3) is 0 Å². The number of rotatable bonds is 4. The number of aliphatic hydroxyl groups excluding tert-OH is 1. The topological polar surface area (TPSA) is 58.6 Å². The maximum atomic E-state index is 11.8. The molecular formula is C12H21NO3. The number of carbonyl (C=O) groups excluding carboxylic acids is 1. The maximum Gasteiger partial charge on any atom is 0.223 e. The zero-order chi connectivity index (χ0) is 11.4. The van der Waals surface area contributed by atoms with Crippen LogP contribution >= 0.6 is 0 Å². The van der Waals surface area contributed by atoms with Crippen molar-refractivity contribution in [1.29, 1.82) is 0 Å². The highest BCUT2D eigenvalue weighted by atomic mass is 16.5. The van der Waals surface area contributed by atoms with Gasteiger partial charge in [0.15, 0.2) is 0 Å².